The van der Waals surface area contributed by atoms with Crippen molar-refractivity contribution in [2.45, 2.75) is 104 Å². The number of hydrazine groups is 1. The summed E-state index contributed by atoms with van der Waals surface area (Å²) in [6.07, 6.45) is 19.3. The molecule has 0 aliphatic rings. The lowest BCUT2D eigenvalue weighted by Crippen LogP contribution is -2.32. The monoisotopic (exact) mass is 284 g/mol. The molecule has 122 valence electrons. The molecule has 0 amide bonds. The van der Waals surface area contributed by atoms with E-state index in [1.165, 1.54) is 89.9 Å². The molecule has 0 heterocycles. The van der Waals surface area contributed by atoms with Crippen LogP contribution in [0.4, 0.5) is 0 Å². The van der Waals surface area contributed by atoms with Crippen LogP contribution in [-0.4, -0.2) is 18.1 Å². The SMILES string of the molecule is CCCCCCCCCCCCN(N)CCCCCC. The molecule has 0 saturated heterocycles. The maximum Gasteiger partial charge on any atom is 0.0128 e. The minimum Gasteiger partial charge on any atom is -0.269 e. The first-order chi connectivity index (χ1) is 9.81. The Labute approximate surface area is 128 Å². The molecule has 0 aromatic rings. The zero-order chi connectivity index (χ0) is 14.9. The molecule has 0 rings (SSSR count). The number of hydrogen-bond donors (Lipinski definition) is 1. The number of nitrogens with zero attached hydrogens (tertiary/aromatic N) is 1. The summed E-state index contributed by atoms with van der Waals surface area (Å²) in [5.74, 6) is 6.00. The van der Waals surface area contributed by atoms with Gasteiger partial charge >= 0.3 is 0 Å². The van der Waals surface area contributed by atoms with E-state index in [2.05, 4.69) is 13.8 Å². The normalized spacial score (nSPS) is 11.4. The summed E-state index contributed by atoms with van der Waals surface area (Å²) in [4.78, 5) is 0. The standard InChI is InChI=1S/C18H40N2/c1-3-5-7-9-10-11-12-13-14-16-18-20(19)17-15-8-6-4-2/h3-19H2,1-2H3. The average Bonchev–Trinajstić information content (AvgIpc) is 2.45. The van der Waals surface area contributed by atoms with Crippen LogP contribution in [0.25, 0.3) is 0 Å². The summed E-state index contributed by atoms with van der Waals surface area (Å²) in [6.45, 7) is 6.70. The molecular weight excluding hydrogens is 244 g/mol. The summed E-state index contributed by atoms with van der Waals surface area (Å²) in [5, 5.41) is 2.03. The largest absolute Gasteiger partial charge is 0.269 e. The molecule has 0 unspecified atom stereocenters. The zero-order valence-electron chi connectivity index (χ0n) is 14.3. The summed E-state index contributed by atoms with van der Waals surface area (Å²) in [6, 6.07) is 0. The van der Waals surface area contributed by atoms with E-state index in [0.717, 1.165) is 13.1 Å². The van der Waals surface area contributed by atoms with Crippen molar-refractivity contribution in [3.8, 4) is 0 Å². The highest BCUT2D eigenvalue weighted by Gasteiger charge is 1.98. The van der Waals surface area contributed by atoms with E-state index in [1.807, 2.05) is 5.01 Å². The first-order valence-electron chi connectivity index (χ1n) is 9.30. The van der Waals surface area contributed by atoms with Gasteiger partial charge in [-0.3, -0.25) is 5.84 Å². The summed E-state index contributed by atoms with van der Waals surface area (Å²) in [7, 11) is 0. The fourth-order valence-corrected chi connectivity index (χ4v) is 2.66. The molecule has 0 radical (unpaired) electrons. The molecule has 2 N–H and O–H groups in total. The van der Waals surface area contributed by atoms with Crippen LogP contribution < -0.4 is 5.84 Å². The summed E-state index contributed by atoms with van der Waals surface area (Å²) in [5.41, 5.74) is 0. The Morgan fingerprint density at radius 3 is 1.20 bits per heavy atom. The Kier molecular flexibility index (Phi) is 16.9. The van der Waals surface area contributed by atoms with Crippen molar-refractivity contribution in [1.29, 1.82) is 0 Å². The van der Waals surface area contributed by atoms with Gasteiger partial charge in [-0.15, -0.1) is 0 Å². The van der Waals surface area contributed by atoms with Gasteiger partial charge in [-0.25, -0.2) is 5.01 Å². The van der Waals surface area contributed by atoms with E-state index in [4.69, 9.17) is 5.84 Å². The lowest BCUT2D eigenvalue weighted by Gasteiger charge is -2.15. The molecule has 0 aliphatic heterocycles. The van der Waals surface area contributed by atoms with E-state index < -0.39 is 0 Å². The van der Waals surface area contributed by atoms with Crippen LogP contribution in [0.3, 0.4) is 0 Å². The van der Waals surface area contributed by atoms with Crippen LogP contribution in [0.1, 0.15) is 104 Å². The highest BCUT2D eigenvalue weighted by Crippen LogP contribution is 2.10. The van der Waals surface area contributed by atoms with Crippen LogP contribution in [0.15, 0.2) is 0 Å². The van der Waals surface area contributed by atoms with Crippen molar-refractivity contribution in [2.24, 2.45) is 5.84 Å². The van der Waals surface area contributed by atoms with Gasteiger partial charge in [0, 0.05) is 13.1 Å². The predicted molar refractivity (Wildman–Crippen MR) is 91.7 cm³/mol. The minimum absolute atomic E-state index is 1.08. The van der Waals surface area contributed by atoms with E-state index in [0.29, 0.717) is 0 Å². The van der Waals surface area contributed by atoms with Crippen molar-refractivity contribution >= 4 is 0 Å². The molecule has 0 spiro atoms. The second-order valence-electron chi connectivity index (χ2n) is 6.28. The number of hydrogen-bond acceptors (Lipinski definition) is 2. The summed E-state index contributed by atoms with van der Waals surface area (Å²) >= 11 is 0. The van der Waals surface area contributed by atoms with Crippen LogP contribution >= 0.6 is 0 Å². The topological polar surface area (TPSA) is 29.3 Å². The smallest absolute Gasteiger partial charge is 0.0128 e. The van der Waals surface area contributed by atoms with E-state index >= 15 is 0 Å². The second kappa shape index (κ2) is 17.0. The third-order valence-corrected chi connectivity index (χ3v) is 4.10. The Bertz CT molecular complexity index is 171. The van der Waals surface area contributed by atoms with Gasteiger partial charge in [-0.05, 0) is 12.8 Å². The molecular formula is C18H40N2. The molecule has 0 bridgehead atoms. The molecule has 0 saturated carbocycles. The maximum atomic E-state index is 6.00. The quantitative estimate of drug-likeness (QED) is 0.225. The Morgan fingerprint density at radius 1 is 0.500 bits per heavy atom. The molecule has 0 aliphatic carbocycles. The van der Waals surface area contributed by atoms with Crippen LogP contribution in [0.2, 0.25) is 0 Å². The van der Waals surface area contributed by atoms with E-state index in [-0.39, 0.29) is 0 Å². The van der Waals surface area contributed by atoms with Gasteiger partial charge in [-0.1, -0.05) is 90.9 Å². The Morgan fingerprint density at radius 2 is 0.800 bits per heavy atom. The van der Waals surface area contributed by atoms with Gasteiger partial charge in [0.2, 0.25) is 0 Å². The van der Waals surface area contributed by atoms with E-state index in [1.54, 1.807) is 0 Å². The maximum absolute atomic E-state index is 6.00. The second-order valence-corrected chi connectivity index (χ2v) is 6.28. The van der Waals surface area contributed by atoms with Crippen molar-refractivity contribution in [3.05, 3.63) is 0 Å². The fraction of sp³-hybridized carbons (Fsp3) is 1.00. The molecule has 0 atom stereocenters. The van der Waals surface area contributed by atoms with Gasteiger partial charge in [0.05, 0.1) is 0 Å². The van der Waals surface area contributed by atoms with Gasteiger partial charge < -0.3 is 0 Å². The Hall–Kier alpha value is -0.0800. The average molecular weight is 285 g/mol. The fourth-order valence-electron chi connectivity index (χ4n) is 2.66. The zero-order valence-corrected chi connectivity index (χ0v) is 14.3. The van der Waals surface area contributed by atoms with Gasteiger partial charge in [0.1, 0.15) is 0 Å². The predicted octanol–water partition coefficient (Wildman–Crippen LogP) is 5.66. The van der Waals surface area contributed by atoms with Crippen LogP contribution in [-0.2, 0) is 0 Å². The highest BCUT2D eigenvalue weighted by atomic mass is 15.4. The van der Waals surface area contributed by atoms with Crippen molar-refractivity contribution in [1.82, 2.24) is 5.01 Å². The van der Waals surface area contributed by atoms with Gasteiger partial charge in [0.25, 0.3) is 0 Å². The minimum atomic E-state index is 1.08. The number of unbranched alkanes of at least 4 members (excludes halogenated alkanes) is 12. The lowest BCUT2D eigenvalue weighted by atomic mass is 10.1. The number of nitrogens with two attached hydrogens (primary N) is 1. The molecule has 2 nitrogen and oxygen atoms in total. The van der Waals surface area contributed by atoms with Crippen LogP contribution in [0, 0.1) is 0 Å². The van der Waals surface area contributed by atoms with Gasteiger partial charge in [0.15, 0.2) is 0 Å². The van der Waals surface area contributed by atoms with Crippen molar-refractivity contribution < 1.29 is 0 Å². The molecule has 20 heavy (non-hydrogen) atoms. The lowest BCUT2D eigenvalue weighted by molar-refractivity contribution is 0.268. The molecule has 0 fully saturated rings. The molecule has 0 aromatic heterocycles. The first kappa shape index (κ1) is 19.9. The van der Waals surface area contributed by atoms with E-state index in [9.17, 15) is 0 Å². The van der Waals surface area contributed by atoms with Crippen molar-refractivity contribution in [3.63, 3.8) is 0 Å². The molecule has 0 aromatic carbocycles. The van der Waals surface area contributed by atoms with Crippen LogP contribution in [0.5, 0.6) is 0 Å². The Balaban J connectivity index is 3.07. The van der Waals surface area contributed by atoms with Crippen molar-refractivity contribution in [2.75, 3.05) is 13.1 Å². The third-order valence-electron chi connectivity index (χ3n) is 4.10. The van der Waals surface area contributed by atoms with Gasteiger partial charge in [-0.2, -0.15) is 0 Å². The number of rotatable bonds is 16. The molecule has 2 heteroatoms. The summed E-state index contributed by atoms with van der Waals surface area (Å²) < 4.78 is 0. The first-order valence-corrected chi connectivity index (χ1v) is 9.30. The third kappa shape index (κ3) is 16.0. The highest BCUT2D eigenvalue weighted by molar-refractivity contribution is 4.52.